The Morgan fingerprint density at radius 2 is 1.29 bits per heavy atom. The minimum absolute atomic E-state index is 0.376. The lowest BCUT2D eigenvalue weighted by Gasteiger charge is -2.40. The summed E-state index contributed by atoms with van der Waals surface area (Å²) in [5, 5.41) is 0. The summed E-state index contributed by atoms with van der Waals surface area (Å²) in [4.78, 5) is 2.27. The van der Waals surface area contributed by atoms with E-state index in [-0.39, 0.29) is 5.79 Å². The first-order chi connectivity index (χ1) is 11.6. The van der Waals surface area contributed by atoms with Crippen molar-refractivity contribution in [3.63, 3.8) is 0 Å². The van der Waals surface area contributed by atoms with Crippen molar-refractivity contribution in [2.75, 3.05) is 33.9 Å². The smallest absolute Gasteiger partial charge is 0.170 e. The molecule has 0 N–H and O–H groups in total. The summed E-state index contributed by atoms with van der Waals surface area (Å²) in [6, 6.07) is 0. The fraction of sp³-hybridized carbons (Fsp3) is 1.00. The summed E-state index contributed by atoms with van der Waals surface area (Å²) in [5.41, 5.74) is 0. The highest BCUT2D eigenvalue weighted by atomic mass is 16.7. The normalized spacial score (nSPS) is 13.6. The van der Waals surface area contributed by atoms with Crippen LogP contribution in [0.15, 0.2) is 0 Å². The monoisotopic (exact) mass is 343 g/mol. The zero-order valence-electron chi connectivity index (χ0n) is 17.5. The molecule has 0 aromatic carbocycles. The quantitative estimate of drug-likeness (QED) is 0.243. The molecular weight excluding hydrogens is 298 g/mol. The average molecular weight is 344 g/mol. The second kappa shape index (κ2) is 15.2. The molecule has 0 heterocycles. The molecule has 0 rings (SSSR count). The van der Waals surface area contributed by atoms with Crippen LogP contribution >= 0.6 is 0 Å². The van der Waals surface area contributed by atoms with Crippen molar-refractivity contribution in [1.29, 1.82) is 0 Å². The number of nitrogens with zero attached hydrogens (tertiary/aromatic N) is 1. The first kappa shape index (κ1) is 23.9. The Morgan fingerprint density at radius 3 is 1.79 bits per heavy atom. The van der Waals surface area contributed by atoms with Gasteiger partial charge in [-0.3, -0.25) is 0 Å². The van der Waals surface area contributed by atoms with Gasteiger partial charge in [-0.2, -0.15) is 0 Å². The van der Waals surface area contributed by atoms with Crippen LogP contribution in [0.4, 0.5) is 0 Å². The van der Waals surface area contributed by atoms with Crippen molar-refractivity contribution < 1.29 is 9.47 Å². The van der Waals surface area contributed by atoms with Gasteiger partial charge in [0.05, 0.1) is 0 Å². The third-order valence-electron chi connectivity index (χ3n) is 4.96. The van der Waals surface area contributed by atoms with Crippen LogP contribution < -0.4 is 0 Å². The van der Waals surface area contributed by atoms with E-state index in [1.807, 2.05) is 0 Å². The Hall–Kier alpha value is -0.120. The highest BCUT2D eigenvalue weighted by Crippen LogP contribution is 2.35. The molecule has 0 amide bonds. The van der Waals surface area contributed by atoms with Gasteiger partial charge in [-0.05, 0) is 60.2 Å². The maximum atomic E-state index is 6.20. The molecule has 0 aliphatic rings. The number of ether oxygens (including phenoxy) is 2. The van der Waals surface area contributed by atoms with Crippen LogP contribution in [0.2, 0.25) is 0 Å². The van der Waals surface area contributed by atoms with Crippen molar-refractivity contribution in [1.82, 2.24) is 4.90 Å². The van der Waals surface area contributed by atoms with Gasteiger partial charge in [-0.15, -0.1) is 0 Å². The average Bonchev–Trinajstić information content (AvgIpc) is 2.55. The van der Waals surface area contributed by atoms with E-state index in [9.17, 15) is 0 Å². The van der Waals surface area contributed by atoms with Crippen LogP contribution in [-0.4, -0.2) is 44.5 Å². The highest BCUT2D eigenvalue weighted by molar-refractivity contribution is 4.79. The Morgan fingerprint density at radius 1 is 0.750 bits per heavy atom. The fourth-order valence-electron chi connectivity index (χ4n) is 3.67. The molecule has 24 heavy (non-hydrogen) atoms. The molecule has 1 unspecified atom stereocenters. The van der Waals surface area contributed by atoms with Gasteiger partial charge >= 0.3 is 0 Å². The van der Waals surface area contributed by atoms with Crippen LogP contribution in [-0.2, 0) is 9.47 Å². The van der Waals surface area contributed by atoms with Gasteiger partial charge in [0.2, 0.25) is 0 Å². The van der Waals surface area contributed by atoms with Gasteiger partial charge < -0.3 is 14.4 Å². The van der Waals surface area contributed by atoms with Crippen LogP contribution in [0.25, 0.3) is 0 Å². The van der Waals surface area contributed by atoms with Crippen LogP contribution in [0, 0.1) is 5.92 Å². The molecule has 0 saturated carbocycles. The number of unbranched alkanes of at least 4 members (excludes halogenated alkanes) is 5. The molecule has 0 aromatic rings. The lowest BCUT2D eigenvalue weighted by Crippen LogP contribution is -2.43. The standard InChI is InChI=1S/C21H45NO2/c1-7-11-12-13-14-15-17-20(18-16-19-22(5)6)21(8-2,23-9-3)24-10-4/h20H,7-19H2,1-6H3. The Kier molecular flexibility index (Phi) is 15.1. The number of hydrogen-bond donors (Lipinski definition) is 0. The predicted molar refractivity (Wildman–Crippen MR) is 106 cm³/mol. The molecule has 0 aromatic heterocycles. The van der Waals surface area contributed by atoms with E-state index in [0.29, 0.717) is 5.92 Å². The van der Waals surface area contributed by atoms with E-state index in [2.05, 4.69) is 46.7 Å². The topological polar surface area (TPSA) is 21.7 Å². The Balaban J connectivity index is 4.66. The van der Waals surface area contributed by atoms with E-state index in [1.165, 1.54) is 57.8 Å². The SMILES string of the molecule is CCCCCCCCC(CCCN(C)C)C(CC)(OCC)OCC. The molecule has 3 heteroatoms. The largest absolute Gasteiger partial charge is 0.350 e. The van der Waals surface area contributed by atoms with Gasteiger partial charge in [-0.1, -0.05) is 52.4 Å². The molecule has 0 aliphatic heterocycles. The van der Waals surface area contributed by atoms with Crippen molar-refractivity contribution in [3.05, 3.63) is 0 Å². The maximum Gasteiger partial charge on any atom is 0.170 e. The summed E-state index contributed by atoms with van der Waals surface area (Å²) >= 11 is 0. The molecule has 0 spiro atoms. The summed E-state index contributed by atoms with van der Waals surface area (Å²) in [5.74, 6) is 0.132. The van der Waals surface area contributed by atoms with Gasteiger partial charge in [0.15, 0.2) is 5.79 Å². The molecule has 3 nitrogen and oxygen atoms in total. The zero-order valence-corrected chi connectivity index (χ0v) is 17.5. The lowest BCUT2D eigenvalue weighted by atomic mass is 9.86. The Labute approximate surface area is 152 Å². The lowest BCUT2D eigenvalue weighted by molar-refractivity contribution is -0.268. The molecule has 0 saturated heterocycles. The maximum absolute atomic E-state index is 6.20. The van der Waals surface area contributed by atoms with E-state index in [1.54, 1.807) is 0 Å². The minimum Gasteiger partial charge on any atom is -0.350 e. The first-order valence-corrected chi connectivity index (χ1v) is 10.5. The van der Waals surface area contributed by atoms with Crippen molar-refractivity contribution in [3.8, 4) is 0 Å². The van der Waals surface area contributed by atoms with Crippen molar-refractivity contribution in [2.45, 2.75) is 97.7 Å². The third kappa shape index (κ3) is 10.0. The minimum atomic E-state index is -0.376. The van der Waals surface area contributed by atoms with Gasteiger partial charge in [-0.25, -0.2) is 0 Å². The summed E-state index contributed by atoms with van der Waals surface area (Å²) < 4.78 is 12.4. The Bertz CT molecular complexity index is 263. The fourth-order valence-corrected chi connectivity index (χ4v) is 3.67. The number of rotatable bonds is 17. The summed E-state index contributed by atoms with van der Waals surface area (Å²) in [7, 11) is 4.31. The molecule has 0 bridgehead atoms. The van der Waals surface area contributed by atoms with Crippen molar-refractivity contribution in [2.24, 2.45) is 5.92 Å². The highest BCUT2D eigenvalue weighted by Gasteiger charge is 2.38. The van der Waals surface area contributed by atoms with E-state index < -0.39 is 0 Å². The van der Waals surface area contributed by atoms with Crippen molar-refractivity contribution >= 4 is 0 Å². The molecule has 146 valence electrons. The first-order valence-electron chi connectivity index (χ1n) is 10.5. The molecule has 0 aliphatic carbocycles. The van der Waals surface area contributed by atoms with Crippen LogP contribution in [0.3, 0.4) is 0 Å². The van der Waals surface area contributed by atoms with E-state index in [4.69, 9.17) is 9.47 Å². The predicted octanol–water partition coefficient (Wildman–Crippen LogP) is 5.87. The van der Waals surface area contributed by atoms with Gasteiger partial charge in [0.1, 0.15) is 0 Å². The third-order valence-corrected chi connectivity index (χ3v) is 4.96. The van der Waals surface area contributed by atoms with Crippen LogP contribution in [0.1, 0.15) is 91.9 Å². The molecule has 0 fully saturated rings. The van der Waals surface area contributed by atoms with E-state index in [0.717, 1.165) is 26.2 Å². The number of hydrogen-bond acceptors (Lipinski definition) is 3. The summed E-state index contributed by atoms with van der Waals surface area (Å²) in [6.45, 7) is 11.3. The molecule has 1 atom stereocenters. The zero-order chi connectivity index (χ0) is 18.3. The van der Waals surface area contributed by atoms with E-state index >= 15 is 0 Å². The molecule has 0 radical (unpaired) electrons. The van der Waals surface area contributed by atoms with Gasteiger partial charge in [0, 0.05) is 19.1 Å². The summed E-state index contributed by atoms with van der Waals surface area (Å²) in [6.07, 6.45) is 12.7. The molecular formula is C21H45NO2. The second-order valence-electron chi connectivity index (χ2n) is 7.23. The van der Waals surface area contributed by atoms with Gasteiger partial charge in [0.25, 0.3) is 0 Å². The van der Waals surface area contributed by atoms with Crippen LogP contribution in [0.5, 0.6) is 0 Å². The second-order valence-corrected chi connectivity index (χ2v) is 7.23.